The molecule has 2 aromatic rings. The predicted molar refractivity (Wildman–Crippen MR) is 135 cm³/mol. The molecule has 35 heavy (non-hydrogen) atoms. The van der Waals surface area contributed by atoms with Crippen molar-refractivity contribution in [2.75, 3.05) is 19.6 Å². The van der Waals surface area contributed by atoms with Crippen molar-refractivity contribution in [3.05, 3.63) is 46.8 Å². The minimum absolute atomic E-state index is 0.119. The zero-order valence-electron chi connectivity index (χ0n) is 21.8. The summed E-state index contributed by atoms with van der Waals surface area (Å²) in [6, 6.07) is 7.49. The molecule has 2 N–H and O–H groups in total. The summed E-state index contributed by atoms with van der Waals surface area (Å²) in [5, 5.41) is 18.2. The topological polar surface area (TPSA) is 90.7 Å². The second-order valence-corrected chi connectivity index (χ2v) is 10.5. The van der Waals surface area contributed by atoms with Crippen LogP contribution in [0, 0.1) is 26.7 Å². The number of carbonyl (C=O) groups excluding carboxylic acids is 2. The quantitative estimate of drug-likeness (QED) is 0.662. The highest BCUT2D eigenvalue weighted by Gasteiger charge is 2.54. The molecule has 0 unspecified atom stereocenters. The number of nitrogens with zero attached hydrogens (tertiary/aromatic N) is 4. The number of aromatic nitrogens is 2. The number of aliphatic hydroxyl groups excluding tert-OH is 1. The highest BCUT2D eigenvalue weighted by Crippen LogP contribution is 2.34. The van der Waals surface area contributed by atoms with Crippen LogP contribution in [-0.2, 0) is 16.1 Å². The first kappa shape index (κ1) is 25.4. The van der Waals surface area contributed by atoms with Crippen LogP contribution >= 0.6 is 0 Å². The number of hydrogen-bond acceptors (Lipinski definition) is 5. The maximum absolute atomic E-state index is 13.3. The van der Waals surface area contributed by atoms with Gasteiger partial charge in [-0.3, -0.25) is 14.5 Å². The molecule has 3 heterocycles. The van der Waals surface area contributed by atoms with Crippen LogP contribution in [0.15, 0.2) is 24.3 Å². The summed E-state index contributed by atoms with van der Waals surface area (Å²) in [6.45, 7) is 14.5. The van der Waals surface area contributed by atoms with Gasteiger partial charge in [0.25, 0.3) is 0 Å². The minimum atomic E-state index is -0.894. The van der Waals surface area contributed by atoms with Crippen LogP contribution < -0.4 is 5.32 Å². The number of hydrogen-bond donors (Lipinski definition) is 2. The second-order valence-electron chi connectivity index (χ2n) is 10.5. The summed E-state index contributed by atoms with van der Waals surface area (Å²) in [7, 11) is 0. The Morgan fingerprint density at radius 2 is 1.74 bits per heavy atom. The number of aryl methyl sites for hydroxylation is 2. The van der Waals surface area contributed by atoms with E-state index >= 15 is 0 Å². The van der Waals surface area contributed by atoms with E-state index in [9.17, 15) is 14.7 Å². The molecular formula is C27H39N5O3. The van der Waals surface area contributed by atoms with Crippen molar-refractivity contribution < 1.29 is 14.7 Å². The van der Waals surface area contributed by atoms with Gasteiger partial charge in [0.1, 0.15) is 11.6 Å². The van der Waals surface area contributed by atoms with Gasteiger partial charge in [-0.15, -0.1) is 0 Å². The van der Waals surface area contributed by atoms with E-state index in [-0.39, 0.29) is 17.7 Å². The van der Waals surface area contributed by atoms with Gasteiger partial charge in [-0.25, -0.2) is 4.68 Å². The van der Waals surface area contributed by atoms with Crippen molar-refractivity contribution in [1.29, 1.82) is 0 Å². The Balaban J connectivity index is 1.48. The molecule has 190 valence electrons. The first-order chi connectivity index (χ1) is 16.6. The monoisotopic (exact) mass is 481 g/mol. The standard InChI is InChI=1S/C27H39N5O3/c1-7-31-25(34)23(24(33)17(2)3)28-26(35)27(31)12-14-30(15-13-27)16-22-19(5)29-32(20(22)6)21-10-8-18(4)9-11-21/h8-11,17,23-24,33H,7,12-16H2,1-6H3,(H,28,35)/t23-,24-/m1/s1. The average Bonchev–Trinajstić information content (AvgIpc) is 3.11. The minimum Gasteiger partial charge on any atom is -0.390 e. The van der Waals surface area contributed by atoms with E-state index < -0.39 is 17.7 Å². The number of piperazine rings is 1. The first-order valence-corrected chi connectivity index (χ1v) is 12.7. The normalized spacial score (nSPS) is 21.6. The number of likely N-dealkylation sites (tertiary alicyclic amines) is 1. The summed E-state index contributed by atoms with van der Waals surface area (Å²) in [6.07, 6.45) is 0.258. The lowest BCUT2D eigenvalue weighted by molar-refractivity contribution is -0.165. The lowest BCUT2D eigenvalue weighted by atomic mass is 9.80. The summed E-state index contributed by atoms with van der Waals surface area (Å²) < 4.78 is 2.00. The third-order valence-corrected chi connectivity index (χ3v) is 7.88. The molecule has 0 radical (unpaired) electrons. The van der Waals surface area contributed by atoms with E-state index in [0.29, 0.717) is 32.5 Å². The molecule has 1 aromatic heterocycles. The Morgan fingerprint density at radius 3 is 2.31 bits per heavy atom. The first-order valence-electron chi connectivity index (χ1n) is 12.7. The highest BCUT2D eigenvalue weighted by atomic mass is 16.3. The number of rotatable bonds is 6. The van der Waals surface area contributed by atoms with Crippen LogP contribution in [-0.4, -0.2) is 73.8 Å². The van der Waals surface area contributed by atoms with Crippen LogP contribution in [0.5, 0.6) is 0 Å². The van der Waals surface area contributed by atoms with Gasteiger partial charge >= 0.3 is 0 Å². The number of amides is 2. The fourth-order valence-corrected chi connectivity index (χ4v) is 5.56. The van der Waals surface area contributed by atoms with Crippen molar-refractivity contribution in [2.45, 2.75) is 78.6 Å². The molecule has 2 aliphatic rings. The molecule has 2 fully saturated rings. The van der Waals surface area contributed by atoms with Gasteiger partial charge in [0.2, 0.25) is 11.8 Å². The number of piperidine rings is 1. The van der Waals surface area contributed by atoms with E-state index in [1.807, 2.05) is 32.4 Å². The number of aliphatic hydroxyl groups is 1. The van der Waals surface area contributed by atoms with Gasteiger partial charge in [0.15, 0.2) is 0 Å². The molecule has 0 aliphatic carbocycles. The predicted octanol–water partition coefficient (Wildman–Crippen LogP) is 2.50. The van der Waals surface area contributed by atoms with Gasteiger partial charge in [0.05, 0.1) is 17.5 Å². The Bertz CT molecular complexity index is 1080. The Morgan fingerprint density at radius 1 is 1.11 bits per heavy atom. The van der Waals surface area contributed by atoms with Crippen LogP contribution in [0.1, 0.15) is 56.1 Å². The molecule has 2 atom stereocenters. The molecule has 0 saturated carbocycles. The fraction of sp³-hybridized carbons (Fsp3) is 0.593. The molecule has 2 saturated heterocycles. The largest absolute Gasteiger partial charge is 0.390 e. The molecular weight excluding hydrogens is 442 g/mol. The number of benzene rings is 1. The van der Waals surface area contributed by atoms with Gasteiger partial charge < -0.3 is 15.3 Å². The van der Waals surface area contributed by atoms with Crippen LogP contribution in [0.2, 0.25) is 0 Å². The molecule has 2 aliphatic heterocycles. The Hall–Kier alpha value is -2.71. The van der Waals surface area contributed by atoms with Crippen molar-refractivity contribution >= 4 is 11.8 Å². The summed E-state index contributed by atoms with van der Waals surface area (Å²) in [5.74, 6) is -0.429. The van der Waals surface area contributed by atoms with Crippen molar-refractivity contribution in [2.24, 2.45) is 5.92 Å². The van der Waals surface area contributed by atoms with Crippen LogP contribution in [0.4, 0.5) is 0 Å². The number of nitrogens with one attached hydrogen (secondary N) is 1. The Kier molecular flexibility index (Phi) is 7.06. The van der Waals surface area contributed by atoms with E-state index in [1.165, 1.54) is 11.1 Å². The van der Waals surface area contributed by atoms with Gasteiger partial charge in [0, 0.05) is 37.4 Å². The molecule has 8 nitrogen and oxygen atoms in total. The zero-order chi connectivity index (χ0) is 25.5. The highest BCUT2D eigenvalue weighted by molar-refractivity contribution is 6.00. The third kappa shape index (κ3) is 4.49. The maximum Gasteiger partial charge on any atom is 0.248 e. The van der Waals surface area contributed by atoms with E-state index in [1.54, 1.807) is 4.90 Å². The molecule has 1 aromatic carbocycles. The van der Waals surface area contributed by atoms with Crippen molar-refractivity contribution in [3.8, 4) is 5.69 Å². The van der Waals surface area contributed by atoms with E-state index in [2.05, 4.69) is 48.3 Å². The Labute approximate surface area is 208 Å². The smallest absolute Gasteiger partial charge is 0.248 e. The van der Waals surface area contributed by atoms with E-state index in [0.717, 1.165) is 23.6 Å². The number of carbonyl (C=O) groups is 2. The molecule has 2 amide bonds. The lowest BCUT2D eigenvalue weighted by Gasteiger charge is -2.52. The summed E-state index contributed by atoms with van der Waals surface area (Å²) >= 11 is 0. The third-order valence-electron chi connectivity index (χ3n) is 7.88. The van der Waals surface area contributed by atoms with Gasteiger partial charge in [-0.05, 0) is 58.6 Å². The molecule has 1 spiro atoms. The number of likely N-dealkylation sites (N-methyl/N-ethyl adjacent to an activating group) is 1. The molecule has 0 bridgehead atoms. The average molecular weight is 482 g/mol. The second kappa shape index (κ2) is 9.74. The summed E-state index contributed by atoms with van der Waals surface area (Å²) in [5.41, 5.74) is 4.76. The lowest BCUT2D eigenvalue weighted by Crippen LogP contribution is -2.74. The molecule has 4 rings (SSSR count). The van der Waals surface area contributed by atoms with Gasteiger partial charge in [-0.1, -0.05) is 31.5 Å². The van der Waals surface area contributed by atoms with E-state index in [4.69, 9.17) is 5.10 Å². The fourth-order valence-electron chi connectivity index (χ4n) is 5.56. The molecule has 8 heteroatoms. The van der Waals surface area contributed by atoms with Crippen molar-refractivity contribution in [3.63, 3.8) is 0 Å². The maximum atomic E-state index is 13.3. The SMILES string of the molecule is CCN1C(=O)[C@@H]([C@H](O)C(C)C)NC(=O)C12CCN(Cc1c(C)nn(-c3ccc(C)cc3)c1C)CC2. The zero-order valence-corrected chi connectivity index (χ0v) is 21.8. The summed E-state index contributed by atoms with van der Waals surface area (Å²) in [4.78, 5) is 30.7. The van der Waals surface area contributed by atoms with Gasteiger partial charge in [-0.2, -0.15) is 5.10 Å². The van der Waals surface area contributed by atoms with Crippen LogP contribution in [0.25, 0.3) is 5.69 Å². The van der Waals surface area contributed by atoms with Crippen LogP contribution in [0.3, 0.4) is 0 Å². The van der Waals surface area contributed by atoms with Crippen molar-refractivity contribution in [1.82, 2.24) is 24.9 Å².